The molecule has 0 aliphatic carbocycles. The zero-order valence-corrected chi connectivity index (χ0v) is 14.7. The molecule has 0 aliphatic heterocycles. The van der Waals surface area contributed by atoms with Gasteiger partial charge in [-0.1, -0.05) is 12.1 Å². The molecule has 1 heterocycles. The molecule has 1 atom stereocenters. The maximum absolute atomic E-state index is 12.2. The summed E-state index contributed by atoms with van der Waals surface area (Å²) in [6.07, 6.45) is 0.362. The number of ether oxygens (including phenoxy) is 1. The number of carbonyl (C=O) groups is 2. The van der Waals surface area contributed by atoms with Crippen LogP contribution in [0.2, 0.25) is 0 Å². The molecule has 1 unspecified atom stereocenters. The standard InChI is InChI=1S/C17H22N4O4/c1-5-14(17(23)24)18-16(22)15-11(4)21(20-19-15)12-6-8-13(9-7-12)25-10(2)3/h6-10,14H,5H2,1-4H3,(H,18,22)(H,23,24). The van der Waals surface area contributed by atoms with Crippen molar-refractivity contribution in [1.29, 1.82) is 0 Å². The molecule has 0 saturated heterocycles. The van der Waals surface area contributed by atoms with E-state index in [9.17, 15) is 9.59 Å². The molecule has 0 fully saturated rings. The maximum atomic E-state index is 12.2. The number of rotatable bonds is 7. The first-order valence-corrected chi connectivity index (χ1v) is 8.06. The first-order valence-electron chi connectivity index (χ1n) is 8.06. The summed E-state index contributed by atoms with van der Waals surface area (Å²) in [7, 11) is 0. The zero-order valence-electron chi connectivity index (χ0n) is 14.7. The summed E-state index contributed by atoms with van der Waals surface area (Å²) >= 11 is 0. The van der Waals surface area contributed by atoms with E-state index < -0.39 is 17.9 Å². The summed E-state index contributed by atoms with van der Waals surface area (Å²) < 4.78 is 7.12. The highest BCUT2D eigenvalue weighted by atomic mass is 16.5. The summed E-state index contributed by atoms with van der Waals surface area (Å²) in [6, 6.07) is 6.30. The molecule has 0 aliphatic rings. The SMILES string of the molecule is CCC(NC(=O)c1nnn(-c2ccc(OC(C)C)cc2)c1C)C(=O)O. The van der Waals surface area contributed by atoms with Crippen molar-refractivity contribution < 1.29 is 19.4 Å². The van der Waals surface area contributed by atoms with Gasteiger partial charge in [-0.2, -0.15) is 0 Å². The predicted octanol–water partition coefficient (Wildman–Crippen LogP) is 1.96. The Morgan fingerprint density at radius 2 is 1.92 bits per heavy atom. The summed E-state index contributed by atoms with van der Waals surface area (Å²) in [5, 5.41) is 19.4. The van der Waals surface area contributed by atoms with Gasteiger partial charge in [-0.25, -0.2) is 9.48 Å². The molecule has 8 heteroatoms. The number of carbonyl (C=O) groups excluding carboxylic acids is 1. The van der Waals surface area contributed by atoms with Gasteiger partial charge in [-0.15, -0.1) is 5.10 Å². The first kappa shape index (κ1) is 18.4. The van der Waals surface area contributed by atoms with Crippen LogP contribution in [0, 0.1) is 6.92 Å². The van der Waals surface area contributed by atoms with Gasteiger partial charge in [-0.3, -0.25) is 4.79 Å². The highest BCUT2D eigenvalue weighted by molar-refractivity contribution is 5.95. The van der Waals surface area contributed by atoms with Crippen molar-refractivity contribution in [2.24, 2.45) is 0 Å². The Labute approximate surface area is 145 Å². The number of benzene rings is 1. The second-order valence-electron chi connectivity index (χ2n) is 5.87. The summed E-state index contributed by atoms with van der Waals surface area (Å²) in [4.78, 5) is 23.3. The van der Waals surface area contributed by atoms with Gasteiger partial charge in [0.25, 0.3) is 5.91 Å². The molecule has 0 radical (unpaired) electrons. The Morgan fingerprint density at radius 1 is 1.28 bits per heavy atom. The summed E-state index contributed by atoms with van der Waals surface area (Å²) in [5.41, 5.74) is 1.35. The second-order valence-corrected chi connectivity index (χ2v) is 5.87. The molecule has 1 aromatic heterocycles. The van der Waals surface area contributed by atoms with Crippen LogP contribution in [-0.2, 0) is 4.79 Å². The van der Waals surface area contributed by atoms with Gasteiger partial charge in [0.2, 0.25) is 0 Å². The molecule has 8 nitrogen and oxygen atoms in total. The quantitative estimate of drug-likeness (QED) is 0.794. The fourth-order valence-electron chi connectivity index (χ4n) is 2.29. The second kappa shape index (κ2) is 7.78. The van der Waals surface area contributed by atoms with E-state index in [0.717, 1.165) is 11.4 Å². The number of aromatic nitrogens is 3. The smallest absolute Gasteiger partial charge is 0.326 e. The van der Waals surface area contributed by atoms with E-state index in [1.165, 1.54) is 4.68 Å². The molecule has 1 aromatic carbocycles. The number of carboxylic acids is 1. The van der Waals surface area contributed by atoms with Crippen molar-refractivity contribution in [2.45, 2.75) is 46.3 Å². The molecule has 0 saturated carbocycles. The third kappa shape index (κ3) is 4.34. The molecule has 0 spiro atoms. The molecule has 2 N–H and O–H groups in total. The Kier molecular flexibility index (Phi) is 5.74. The fourth-order valence-corrected chi connectivity index (χ4v) is 2.29. The van der Waals surface area contributed by atoms with Crippen molar-refractivity contribution in [3.05, 3.63) is 35.7 Å². The van der Waals surface area contributed by atoms with E-state index in [0.29, 0.717) is 5.69 Å². The van der Waals surface area contributed by atoms with Gasteiger partial charge in [0.15, 0.2) is 5.69 Å². The lowest BCUT2D eigenvalue weighted by atomic mass is 10.2. The van der Waals surface area contributed by atoms with E-state index in [-0.39, 0.29) is 18.2 Å². The molecular weight excluding hydrogens is 324 g/mol. The Balaban J connectivity index is 2.20. The number of aliphatic carboxylic acids is 1. The predicted molar refractivity (Wildman–Crippen MR) is 91.0 cm³/mol. The average molecular weight is 346 g/mol. The topological polar surface area (TPSA) is 106 Å². The summed E-state index contributed by atoms with van der Waals surface area (Å²) in [5.74, 6) is -0.902. The normalized spacial score (nSPS) is 12.0. The fraction of sp³-hybridized carbons (Fsp3) is 0.412. The lowest BCUT2D eigenvalue weighted by molar-refractivity contribution is -0.139. The number of nitrogens with one attached hydrogen (secondary N) is 1. The monoisotopic (exact) mass is 346 g/mol. The largest absolute Gasteiger partial charge is 0.491 e. The van der Waals surface area contributed by atoms with Gasteiger partial charge in [0.1, 0.15) is 11.8 Å². The van der Waals surface area contributed by atoms with Gasteiger partial charge in [0.05, 0.1) is 17.5 Å². The van der Waals surface area contributed by atoms with Gasteiger partial charge >= 0.3 is 5.97 Å². The highest BCUT2D eigenvalue weighted by Gasteiger charge is 2.23. The number of amides is 1. The average Bonchev–Trinajstić information content (AvgIpc) is 2.94. The van der Waals surface area contributed by atoms with Gasteiger partial charge in [0, 0.05) is 0 Å². The van der Waals surface area contributed by atoms with Crippen LogP contribution in [0.15, 0.2) is 24.3 Å². The minimum atomic E-state index is -1.08. The third-order valence-corrected chi connectivity index (χ3v) is 3.57. The van der Waals surface area contributed by atoms with Crippen molar-refractivity contribution in [3.8, 4) is 11.4 Å². The van der Waals surface area contributed by atoms with Gasteiger partial charge < -0.3 is 15.2 Å². The van der Waals surface area contributed by atoms with E-state index >= 15 is 0 Å². The summed E-state index contributed by atoms with van der Waals surface area (Å²) in [6.45, 7) is 7.28. The molecule has 25 heavy (non-hydrogen) atoms. The van der Waals surface area contributed by atoms with Crippen LogP contribution in [0.4, 0.5) is 0 Å². The van der Waals surface area contributed by atoms with Crippen LogP contribution in [-0.4, -0.2) is 44.1 Å². The van der Waals surface area contributed by atoms with E-state index in [1.54, 1.807) is 13.8 Å². The van der Waals surface area contributed by atoms with Crippen LogP contribution in [0.1, 0.15) is 43.4 Å². The van der Waals surface area contributed by atoms with E-state index in [2.05, 4.69) is 15.6 Å². The third-order valence-electron chi connectivity index (χ3n) is 3.57. The molecule has 2 aromatic rings. The lowest BCUT2D eigenvalue weighted by Gasteiger charge is -2.11. The van der Waals surface area contributed by atoms with Crippen LogP contribution < -0.4 is 10.1 Å². The minimum Gasteiger partial charge on any atom is -0.491 e. The number of hydrogen-bond acceptors (Lipinski definition) is 5. The number of nitrogens with zero attached hydrogens (tertiary/aromatic N) is 3. The van der Waals surface area contributed by atoms with Crippen LogP contribution in [0.3, 0.4) is 0 Å². The molecular formula is C17H22N4O4. The highest BCUT2D eigenvalue weighted by Crippen LogP contribution is 2.18. The van der Waals surface area contributed by atoms with Crippen LogP contribution in [0.5, 0.6) is 5.75 Å². The zero-order chi connectivity index (χ0) is 18.6. The van der Waals surface area contributed by atoms with Crippen LogP contribution in [0.25, 0.3) is 5.69 Å². The van der Waals surface area contributed by atoms with Crippen molar-refractivity contribution in [1.82, 2.24) is 20.3 Å². The molecule has 1 amide bonds. The van der Waals surface area contributed by atoms with Crippen molar-refractivity contribution in [3.63, 3.8) is 0 Å². The molecule has 134 valence electrons. The minimum absolute atomic E-state index is 0.0787. The van der Waals surface area contributed by atoms with E-state index in [4.69, 9.17) is 9.84 Å². The Morgan fingerprint density at radius 3 is 2.44 bits per heavy atom. The number of carboxylic acid groups (broad SMARTS) is 1. The van der Waals surface area contributed by atoms with Crippen molar-refractivity contribution >= 4 is 11.9 Å². The first-order chi connectivity index (χ1) is 11.8. The van der Waals surface area contributed by atoms with Crippen molar-refractivity contribution in [2.75, 3.05) is 0 Å². The Hall–Kier alpha value is -2.90. The van der Waals surface area contributed by atoms with E-state index in [1.807, 2.05) is 38.1 Å². The number of hydrogen-bond donors (Lipinski definition) is 2. The Bertz CT molecular complexity index is 753. The lowest BCUT2D eigenvalue weighted by Crippen LogP contribution is -2.40. The van der Waals surface area contributed by atoms with Crippen LogP contribution >= 0.6 is 0 Å². The molecule has 0 bridgehead atoms. The van der Waals surface area contributed by atoms with Gasteiger partial charge in [-0.05, 0) is 51.5 Å². The molecule has 2 rings (SSSR count). The maximum Gasteiger partial charge on any atom is 0.326 e.